The molecule has 21 heavy (non-hydrogen) atoms. The number of aliphatic imine (C=N–C) groups is 1. The van der Waals surface area contributed by atoms with Gasteiger partial charge in [-0.05, 0) is 48.9 Å². The maximum atomic E-state index is 5.22. The van der Waals surface area contributed by atoms with E-state index in [1.165, 1.54) is 0 Å². The third-order valence-corrected chi connectivity index (χ3v) is 3.29. The summed E-state index contributed by atoms with van der Waals surface area (Å²) < 4.78 is 5.22. The quantitative estimate of drug-likeness (QED) is 0.668. The topological polar surface area (TPSA) is 34.5 Å². The molecule has 0 saturated carbocycles. The molecule has 0 bridgehead atoms. The zero-order chi connectivity index (χ0) is 14.7. The minimum Gasteiger partial charge on any atom is -0.497 e. The molecule has 3 aromatic rings. The predicted octanol–water partition coefficient (Wildman–Crippen LogP) is 4.30. The highest BCUT2D eigenvalue weighted by molar-refractivity contribution is 5.93. The molecule has 1 heterocycles. The van der Waals surface area contributed by atoms with E-state index in [1.807, 2.05) is 61.7 Å². The van der Waals surface area contributed by atoms with Crippen LogP contribution in [0.5, 0.6) is 5.75 Å². The van der Waals surface area contributed by atoms with Crippen molar-refractivity contribution in [2.24, 2.45) is 4.99 Å². The number of aromatic nitrogens is 1. The maximum absolute atomic E-state index is 5.22. The minimum absolute atomic E-state index is 0.828. The van der Waals surface area contributed by atoms with Crippen LogP contribution in [0.15, 0.2) is 59.6 Å². The van der Waals surface area contributed by atoms with Crippen LogP contribution < -0.4 is 4.74 Å². The summed E-state index contributed by atoms with van der Waals surface area (Å²) in [5.41, 5.74) is 3.90. The summed E-state index contributed by atoms with van der Waals surface area (Å²) >= 11 is 0. The van der Waals surface area contributed by atoms with Gasteiger partial charge in [-0.15, -0.1) is 0 Å². The fraction of sp³-hybridized carbons (Fsp3) is 0.111. The fourth-order valence-corrected chi connectivity index (χ4v) is 2.22. The van der Waals surface area contributed by atoms with Crippen molar-refractivity contribution in [1.82, 2.24) is 4.98 Å². The molecule has 0 unspecified atom stereocenters. The number of pyridine rings is 1. The summed E-state index contributed by atoms with van der Waals surface area (Å²) in [7, 11) is 1.66. The van der Waals surface area contributed by atoms with Crippen molar-refractivity contribution in [2.45, 2.75) is 6.92 Å². The molecule has 3 heteroatoms. The standard InChI is InChI=1S/C18H16N2O/c1-13-9-10-16-17(7-4-8-18(16)20-13)19-12-14-5-3-6-15(11-14)21-2/h3-12H,1-2H3. The van der Waals surface area contributed by atoms with Gasteiger partial charge in [0.2, 0.25) is 0 Å². The van der Waals surface area contributed by atoms with E-state index >= 15 is 0 Å². The molecule has 0 aliphatic carbocycles. The van der Waals surface area contributed by atoms with E-state index in [-0.39, 0.29) is 0 Å². The highest BCUT2D eigenvalue weighted by Crippen LogP contribution is 2.25. The SMILES string of the molecule is COc1cccc(C=Nc2cccc3nc(C)ccc23)c1. The first-order valence-corrected chi connectivity index (χ1v) is 6.81. The number of hydrogen-bond donors (Lipinski definition) is 0. The molecule has 104 valence electrons. The Morgan fingerprint density at radius 3 is 2.76 bits per heavy atom. The first kappa shape index (κ1) is 13.3. The Hall–Kier alpha value is -2.68. The number of methoxy groups -OCH3 is 1. The van der Waals surface area contributed by atoms with Gasteiger partial charge in [-0.2, -0.15) is 0 Å². The van der Waals surface area contributed by atoms with Crippen molar-refractivity contribution in [3.8, 4) is 5.75 Å². The van der Waals surface area contributed by atoms with Crippen molar-refractivity contribution in [3.63, 3.8) is 0 Å². The third kappa shape index (κ3) is 2.92. The summed E-state index contributed by atoms with van der Waals surface area (Å²) in [6.07, 6.45) is 1.84. The van der Waals surface area contributed by atoms with E-state index in [0.29, 0.717) is 0 Å². The Labute approximate surface area is 123 Å². The Bertz CT molecular complexity index is 809. The Balaban J connectivity index is 1.99. The Kier molecular flexibility index (Phi) is 3.65. The molecule has 0 N–H and O–H groups in total. The van der Waals surface area contributed by atoms with Crippen LogP contribution >= 0.6 is 0 Å². The minimum atomic E-state index is 0.828. The van der Waals surface area contributed by atoms with Crippen molar-refractivity contribution >= 4 is 22.8 Å². The lowest BCUT2D eigenvalue weighted by atomic mass is 10.1. The van der Waals surface area contributed by atoms with Crippen LogP contribution in [0.3, 0.4) is 0 Å². The second kappa shape index (κ2) is 5.75. The van der Waals surface area contributed by atoms with Gasteiger partial charge >= 0.3 is 0 Å². The molecule has 0 fully saturated rings. The molecule has 0 amide bonds. The lowest BCUT2D eigenvalue weighted by Crippen LogP contribution is -1.86. The average molecular weight is 276 g/mol. The fourth-order valence-electron chi connectivity index (χ4n) is 2.22. The van der Waals surface area contributed by atoms with Gasteiger partial charge < -0.3 is 4.74 Å². The first-order valence-electron chi connectivity index (χ1n) is 6.81. The van der Waals surface area contributed by atoms with E-state index in [9.17, 15) is 0 Å². The van der Waals surface area contributed by atoms with E-state index in [2.05, 4.69) is 16.0 Å². The molecule has 0 radical (unpaired) electrons. The Morgan fingerprint density at radius 2 is 1.90 bits per heavy atom. The van der Waals surface area contributed by atoms with Crippen LogP contribution in [0.25, 0.3) is 10.9 Å². The first-order chi connectivity index (χ1) is 10.3. The molecule has 0 aliphatic rings. The molecule has 0 spiro atoms. The van der Waals surface area contributed by atoms with Crippen molar-refractivity contribution in [1.29, 1.82) is 0 Å². The molecular weight excluding hydrogens is 260 g/mol. The average Bonchev–Trinajstić information content (AvgIpc) is 2.52. The summed E-state index contributed by atoms with van der Waals surface area (Å²) in [5.74, 6) is 0.828. The maximum Gasteiger partial charge on any atom is 0.119 e. The number of nitrogens with zero attached hydrogens (tertiary/aromatic N) is 2. The number of rotatable bonds is 3. The van der Waals surface area contributed by atoms with Crippen LogP contribution in [-0.2, 0) is 0 Å². The van der Waals surface area contributed by atoms with Gasteiger partial charge in [0.1, 0.15) is 5.75 Å². The number of ether oxygens (including phenoxy) is 1. The number of hydrogen-bond acceptors (Lipinski definition) is 3. The van der Waals surface area contributed by atoms with Crippen LogP contribution in [0, 0.1) is 6.92 Å². The zero-order valence-electron chi connectivity index (χ0n) is 12.1. The van der Waals surface area contributed by atoms with Gasteiger partial charge in [0.15, 0.2) is 0 Å². The molecule has 2 aromatic carbocycles. The normalized spacial score (nSPS) is 11.1. The number of fused-ring (bicyclic) bond motifs is 1. The zero-order valence-corrected chi connectivity index (χ0v) is 12.1. The largest absolute Gasteiger partial charge is 0.497 e. The monoisotopic (exact) mass is 276 g/mol. The van der Waals surface area contributed by atoms with Gasteiger partial charge in [-0.1, -0.05) is 18.2 Å². The van der Waals surface area contributed by atoms with Crippen LogP contribution in [0.1, 0.15) is 11.3 Å². The number of aryl methyl sites for hydroxylation is 1. The summed E-state index contributed by atoms with van der Waals surface area (Å²) in [5, 5.41) is 1.06. The van der Waals surface area contributed by atoms with E-state index in [0.717, 1.165) is 33.6 Å². The molecule has 3 nitrogen and oxygen atoms in total. The van der Waals surface area contributed by atoms with Crippen molar-refractivity contribution in [2.75, 3.05) is 7.11 Å². The van der Waals surface area contributed by atoms with Gasteiger partial charge in [0.25, 0.3) is 0 Å². The molecule has 0 aliphatic heterocycles. The van der Waals surface area contributed by atoms with Gasteiger partial charge in [-0.3, -0.25) is 9.98 Å². The lowest BCUT2D eigenvalue weighted by Gasteiger charge is -2.03. The third-order valence-electron chi connectivity index (χ3n) is 3.29. The summed E-state index contributed by atoms with van der Waals surface area (Å²) in [6, 6.07) is 17.9. The second-order valence-corrected chi connectivity index (χ2v) is 4.83. The Morgan fingerprint density at radius 1 is 1.05 bits per heavy atom. The molecule has 0 saturated heterocycles. The molecule has 3 rings (SSSR count). The smallest absolute Gasteiger partial charge is 0.119 e. The van der Waals surface area contributed by atoms with Crippen molar-refractivity contribution < 1.29 is 4.74 Å². The van der Waals surface area contributed by atoms with Crippen molar-refractivity contribution in [3.05, 3.63) is 65.9 Å². The predicted molar refractivity (Wildman–Crippen MR) is 86.7 cm³/mol. The van der Waals surface area contributed by atoms with Crippen LogP contribution in [0.2, 0.25) is 0 Å². The molecule has 1 aromatic heterocycles. The highest BCUT2D eigenvalue weighted by atomic mass is 16.5. The van der Waals surface area contributed by atoms with Gasteiger partial charge in [0, 0.05) is 17.3 Å². The molecular formula is C18H16N2O. The lowest BCUT2D eigenvalue weighted by molar-refractivity contribution is 0.415. The van der Waals surface area contributed by atoms with Crippen LogP contribution in [-0.4, -0.2) is 18.3 Å². The van der Waals surface area contributed by atoms with Crippen LogP contribution in [0.4, 0.5) is 5.69 Å². The summed E-state index contributed by atoms with van der Waals surface area (Å²) in [4.78, 5) is 9.11. The van der Waals surface area contributed by atoms with E-state index in [1.54, 1.807) is 7.11 Å². The highest BCUT2D eigenvalue weighted by Gasteiger charge is 2.00. The summed E-state index contributed by atoms with van der Waals surface area (Å²) in [6.45, 7) is 1.99. The van der Waals surface area contributed by atoms with E-state index < -0.39 is 0 Å². The van der Waals surface area contributed by atoms with Gasteiger partial charge in [-0.25, -0.2) is 0 Å². The number of benzene rings is 2. The van der Waals surface area contributed by atoms with E-state index in [4.69, 9.17) is 4.74 Å². The second-order valence-electron chi connectivity index (χ2n) is 4.83. The van der Waals surface area contributed by atoms with Gasteiger partial charge in [0.05, 0.1) is 18.3 Å². The molecule has 0 atom stereocenters.